The maximum atomic E-state index is 6.03. The Labute approximate surface area is 268 Å². The summed E-state index contributed by atoms with van der Waals surface area (Å²) in [5.74, 6) is 1.90. The molecule has 0 spiro atoms. The van der Waals surface area contributed by atoms with E-state index in [2.05, 4.69) is 90.6 Å². The third-order valence-corrected chi connectivity index (χ3v) is 7.63. The summed E-state index contributed by atoms with van der Waals surface area (Å²) in [4.78, 5) is 0. The van der Waals surface area contributed by atoms with E-state index in [0.29, 0.717) is 0 Å². The van der Waals surface area contributed by atoms with E-state index in [1.165, 1.54) is 75.6 Å². The Morgan fingerprint density at radius 3 is 1.10 bits per heavy atom. The first-order chi connectivity index (χ1) is 18.2. The topological polar surface area (TPSA) is 18.5 Å². The highest BCUT2D eigenvalue weighted by Crippen LogP contribution is 2.25. The standard InChI is InChI=1S/C34H58N2O2.2BrH/c1-7-9-11-13-25-35(3,4)27-15-29-37-33-21-17-31(18-22-33)32-19-23-34(24-20-32)38-30-16-28-36(5,6)26-14-12-10-8-2;;/h17-24H,7-16,25-30H2,1-6H3;2*1H/q+2;;/p-2. The van der Waals surface area contributed by atoms with Crippen molar-refractivity contribution in [3.8, 4) is 22.6 Å². The molecule has 2 rings (SSSR count). The summed E-state index contributed by atoms with van der Waals surface area (Å²) in [6.45, 7) is 10.9. The van der Waals surface area contributed by atoms with Gasteiger partial charge in [0, 0.05) is 12.8 Å². The van der Waals surface area contributed by atoms with Crippen LogP contribution in [0.1, 0.15) is 78.1 Å². The van der Waals surface area contributed by atoms with E-state index < -0.39 is 0 Å². The summed E-state index contributed by atoms with van der Waals surface area (Å²) in [6, 6.07) is 17.0. The molecule has 2 aromatic rings. The van der Waals surface area contributed by atoms with Crippen molar-refractivity contribution in [2.24, 2.45) is 0 Å². The van der Waals surface area contributed by atoms with Crippen molar-refractivity contribution in [1.82, 2.24) is 0 Å². The van der Waals surface area contributed by atoms with Crippen molar-refractivity contribution in [2.45, 2.75) is 78.1 Å². The highest BCUT2D eigenvalue weighted by Gasteiger charge is 2.15. The van der Waals surface area contributed by atoms with E-state index in [-0.39, 0.29) is 34.0 Å². The van der Waals surface area contributed by atoms with Crippen LogP contribution in [0, 0.1) is 0 Å². The highest BCUT2D eigenvalue weighted by atomic mass is 79.9. The van der Waals surface area contributed by atoms with Crippen LogP contribution in [0.4, 0.5) is 0 Å². The van der Waals surface area contributed by atoms with Crippen LogP contribution in [-0.2, 0) is 0 Å². The molecule has 2 aromatic carbocycles. The summed E-state index contributed by atoms with van der Waals surface area (Å²) in [5, 5.41) is 0. The maximum Gasteiger partial charge on any atom is 0.119 e. The molecular weight excluding hydrogens is 628 g/mol. The van der Waals surface area contributed by atoms with Crippen LogP contribution in [0.25, 0.3) is 11.1 Å². The number of hydrogen-bond acceptors (Lipinski definition) is 2. The number of hydrogen-bond donors (Lipinski definition) is 0. The van der Waals surface area contributed by atoms with Crippen molar-refractivity contribution in [1.29, 1.82) is 0 Å². The molecule has 0 aliphatic carbocycles. The lowest BCUT2D eigenvalue weighted by Gasteiger charge is -2.30. The Morgan fingerprint density at radius 2 is 0.775 bits per heavy atom. The van der Waals surface area contributed by atoms with Gasteiger partial charge in [-0.05, 0) is 61.1 Å². The van der Waals surface area contributed by atoms with Crippen molar-refractivity contribution >= 4 is 0 Å². The molecule has 0 saturated heterocycles. The van der Waals surface area contributed by atoms with Crippen LogP contribution in [0.2, 0.25) is 0 Å². The number of quaternary nitrogens is 2. The third-order valence-electron chi connectivity index (χ3n) is 7.63. The third kappa shape index (κ3) is 17.0. The van der Waals surface area contributed by atoms with Gasteiger partial charge in [-0.15, -0.1) is 0 Å². The molecule has 0 unspecified atom stereocenters. The zero-order chi connectivity index (χ0) is 27.7. The van der Waals surface area contributed by atoms with E-state index in [4.69, 9.17) is 9.47 Å². The Bertz CT molecular complexity index is 797. The van der Waals surface area contributed by atoms with Crippen LogP contribution >= 0.6 is 0 Å². The molecule has 0 N–H and O–H groups in total. The molecule has 0 radical (unpaired) electrons. The summed E-state index contributed by atoms with van der Waals surface area (Å²) < 4.78 is 14.2. The van der Waals surface area contributed by atoms with Gasteiger partial charge in [0.1, 0.15) is 11.5 Å². The second kappa shape index (κ2) is 21.6. The van der Waals surface area contributed by atoms with E-state index in [1.54, 1.807) is 0 Å². The second-order valence-electron chi connectivity index (χ2n) is 12.3. The van der Waals surface area contributed by atoms with Crippen LogP contribution in [0.15, 0.2) is 48.5 Å². The number of unbranched alkanes of at least 4 members (excludes halogenated alkanes) is 6. The minimum atomic E-state index is 0. The first kappa shape index (κ1) is 38.9. The van der Waals surface area contributed by atoms with E-state index in [1.807, 2.05) is 0 Å². The fourth-order valence-corrected chi connectivity index (χ4v) is 5.01. The molecule has 0 aliphatic heterocycles. The van der Waals surface area contributed by atoms with Crippen molar-refractivity contribution in [2.75, 3.05) is 67.6 Å². The number of ether oxygens (including phenoxy) is 2. The minimum Gasteiger partial charge on any atom is -1.00 e. The summed E-state index contributed by atoms with van der Waals surface area (Å²) in [6.07, 6.45) is 12.8. The van der Waals surface area contributed by atoms with Crippen molar-refractivity contribution in [3.63, 3.8) is 0 Å². The van der Waals surface area contributed by atoms with Gasteiger partial charge in [0.25, 0.3) is 0 Å². The fourth-order valence-electron chi connectivity index (χ4n) is 5.01. The average Bonchev–Trinajstić information content (AvgIpc) is 2.90. The molecule has 40 heavy (non-hydrogen) atoms. The lowest BCUT2D eigenvalue weighted by Crippen LogP contribution is -3.00. The normalized spacial score (nSPS) is 11.4. The first-order valence-corrected chi connectivity index (χ1v) is 15.3. The van der Waals surface area contributed by atoms with Gasteiger partial charge in [-0.2, -0.15) is 0 Å². The molecular formula is C34H58Br2N2O2. The van der Waals surface area contributed by atoms with Gasteiger partial charge >= 0.3 is 0 Å². The van der Waals surface area contributed by atoms with Crippen LogP contribution < -0.4 is 43.4 Å². The molecule has 0 heterocycles. The monoisotopic (exact) mass is 684 g/mol. The number of benzene rings is 2. The van der Waals surface area contributed by atoms with E-state index in [0.717, 1.165) is 59.6 Å². The Balaban J connectivity index is 0.00000760. The van der Waals surface area contributed by atoms with Crippen molar-refractivity contribution in [3.05, 3.63) is 48.5 Å². The van der Waals surface area contributed by atoms with Crippen molar-refractivity contribution < 1.29 is 52.4 Å². The molecule has 0 saturated carbocycles. The quantitative estimate of drug-likeness (QED) is 0.148. The predicted molar refractivity (Wildman–Crippen MR) is 164 cm³/mol. The van der Waals surface area contributed by atoms with Gasteiger partial charge in [0.05, 0.1) is 67.6 Å². The molecule has 0 aromatic heterocycles. The molecule has 6 heteroatoms. The largest absolute Gasteiger partial charge is 1.00 e. The molecule has 230 valence electrons. The van der Waals surface area contributed by atoms with E-state index in [9.17, 15) is 0 Å². The lowest BCUT2D eigenvalue weighted by molar-refractivity contribution is -0.890. The molecule has 0 atom stereocenters. The lowest BCUT2D eigenvalue weighted by atomic mass is 10.1. The Hall–Kier alpha value is -1.08. The first-order valence-electron chi connectivity index (χ1n) is 15.3. The SMILES string of the molecule is CCCCCC[N+](C)(C)CCCOc1ccc(-c2ccc(OCCC[N+](C)(C)CCCCCC)cc2)cc1.[Br-].[Br-]. The van der Waals surface area contributed by atoms with Crippen LogP contribution in [0.5, 0.6) is 11.5 Å². The molecule has 4 nitrogen and oxygen atoms in total. The van der Waals surface area contributed by atoms with Crippen LogP contribution in [-0.4, -0.2) is 76.5 Å². The maximum absolute atomic E-state index is 6.03. The number of nitrogens with zero attached hydrogens (tertiary/aromatic N) is 2. The summed E-state index contributed by atoms with van der Waals surface area (Å²) in [5.41, 5.74) is 2.41. The van der Waals surface area contributed by atoms with Gasteiger partial charge in [-0.3, -0.25) is 0 Å². The number of halogens is 2. The van der Waals surface area contributed by atoms with Crippen LogP contribution in [0.3, 0.4) is 0 Å². The zero-order valence-corrected chi connectivity index (χ0v) is 29.6. The Kier molecular flexibility index (Phi) is 21.0. The zero-order valence-electron chi connectivity index (χ0n) is 26.4. The van der Waals surface area contributed by atoms with E-state index >= 15 is 0 Å². The second-order valence-corrected chi connectivity index (χ2v) is 12.3. The van der Waals surface area contributed by atoms with Gasteiger partial charge in [-0.25, -0.2) is 0 Å². The van der Waals surface area contributed by atoms with Gasteiger partial charge in [0.15, 0.2) is 0 Å². The van der Waals surface area contributed by atoms with Gasteiger partial charge < -0.3 is 52.4 Å². The minimum absolute atomic E-state index is 0. The average molecular weight is 687 g/mol. The highest BCUT2D eigenvalue weighted by molar-refractivity contribution is 5.64. The molecule has 0 aliphatic rings. The number of rotatable bonds is 21. The Morgan fingerprint density at radius 1 is 0.450 bits per heavy atom. The summed E-state index contributed by atoms with van der Waals surface area (Å²) >= 11 is 0. The fraction of sp³-hybridized carbons (Fsp3) is 0.647. The summed E-state index contributed by atoms with van der Waals surface area (Å²) in [7, 11) is 9.36. The molecule has 0 fully saturated rings. The molecule has 0 bridgehead atoms. The smallest absolute Gasteiger partial charge is 0.119 e. The van der Waals surface area contributed by atoms with Gasteiger partial charge in [0.2, 0.25) is 0 Å². The predicted octanol–water partition coefficient (Wildman–Crippen LogP) is 2.21. The molecule has 0 amide bonds. The van der Waals surface area contributed by atoms with Gasteiger partial charge in [-0.1, -0.05) is 63.8 Å².